The zero-order valence-electron chi connectivity index (χ0n) is 9.89. The molecule has 5 nitrogen and oxygen atoms in total. The Hall–Kier alpha value is -0.170. The number of ether oxygens (including phenoxy) is 1. The van der Waals surface area contributed by atoms with Crippen molar-refractivity contribution < 1.29 is 13.2 Å². The van der Waals surface area contributed by atoms with Gasteiger partial charge in [-0.15, -0.1) is 0 Å². The van der Waals surface area contributed by atoms with Crippen molar-refractivity contribution in [3.8, 4) is 0 Å². The summed E-state index contributed by atoms with van der Waals surface area (Å²) in [5, 5.41) is -0.278. The summed E-state index contributed by atoms with van der Waals surface area (Å²) >= 11 is 0. The Morgan fingerprint density at radius 1 is 1.31 bits per heavy atom. The molecule has 0 spiro atoms. The molecule has 2 N–H and O–H groups in total. The highest BCUT2D eigenvalue weighted by Crippen LogP contribution is 2.19. The van der Waals surface area contributed by atoms with Gasteiger partial charge >= 0.3 is 0 Å². The van der Waals surface area contributed by atoms with E-state index >= 15 is 0 Å². The monoisotopic (exact) mass is 250 g/mol. The maximum Gasteiger partial charge on any atom is 0.217 e. The molecule has 0 aromatic carbocycles. The van der Waals surface area contributed by atoms with Crippen LogP contribution in [-0.2, 0) is 14.8 Å². The highest BCUT2D eigenvalue weighted by atomic mass is 32.2. The minimum absolute atomic E-state index is 0.278. The molecule has 96 valence electrons. The lowest BCUT2D eigenvalue weighted by atomic mass is 10.2. The van der Waals surface area contributed by atoms with Crippen LogP contribution in [0.4, 0.5) is 0 Å². The van der Waals surface area contributed by atoms with E-state index in [-0.39, 0.29) is 5.25 Å². The number of rotatable bonds is 6. The number of hydrogen-bond donors (Lipinski definition) is 1. The summed E-state index contributed by atoms with van der Waals surface area (Å²) in [6, 6.07) is 0. The Bertz CT molecular complexity index is 280. The second-order valence-corrected chi connectivity index (χ2v) is 6.26. The van der Waals surface area contributed by atoms with Crippen molar-refractivity contribution in [3.05, 3.63) is 0 Å². The van der Waals surface area contributed by atoms with E-state index in [0.717, 1.165) is 6.42 Å². The zero-order chi connectivity index (χ0) is 12.0. The molecule has 0 bridgehead atoms. The first kappa shape index (κ1) is 13.9. The van der Waals surface area contributed by atoms with Crippen LogP contribution in [0.25, 0.3) is 0 Å². The molecule has 0 atom stereocenters. The van der Waals surface area contributed by atoms with Crippen molar-refractivity contribution in [2.45, 2.75) is 31.4 Å². The Kier molecular flexibility index (Phi) is 5.68. The Labute approximate surface area is 98.0 Å². The van der Waals surface area contributed by atoms with Gasteiger partial charge in [-0.3, -0.25) is 0 Å². The molecular weight excluding hydrogens is 228 g/mol. The predicted molar refractivity (Wildman–Crippen MR) is 63.7 cm³/mol. The third-order valence-electron chi connectivity index (χ3n) is 2.80. The summed E-state index contributed by atoms with van der Waals surface area (Å²) in [7, 11) is -3.18. The fourth-order valence-corrected chi connectivity index (χ4v) is 3.95. The zero-order valence-corrected chi connectivity index (χ0v) is 10.7. The fraction of sp³-hybridized carbons (Fsp3) is 1.00. The molecule has 0 aliphatic carbocycles. The molecule has 0 aromatic heterocycles. The van der Waals surface area contributed by atoms with Gasteiger partial charge in [-0.2, -0.15) is 0 Å². The molecule has 1 aliphatic rings. The summed E-state index contributed by atoms with van der Waals surface area (Å²) < 4.78 is 31.3. The Balaban J connectivity index is 2.70. The normalized spacial score (nSPS) is 19.2. The van der Waals surface area contributed by atoms with Crippen LogP contribution in [-0.4, -0.2) is 50.8 Å². The van der Waals surface area contributed by atoms with Crippen molar-refractivity contribution in [1.82, 2.24) is 4.31 Å². The standard InChI is InChI=1S/C10H22N2O3S/c1-2-6-12(7-5-11)16(13,14)10-3-8-15-9-4-10/h10H,2-9,11H2,1H3. The van der Waals surface area contributed by atoms with E-state index in [0.29, 0.717) is 45.7 Å². The molecule has 16 heavy (non-hydrogen) atoms. The van der Waals surface area contributed by atoms with E-state index in [1.54, 1.807) is 0 Å². The quantitative estimate of drug-likeness (QED) is 0.729. The fourth-order valence-electron chi connectivity index (χ4n) is 1.94. The molecule has 1 fully saturated rings. The highest BCUT2D eigenvalue weighted by Gasteiger charge is 2.32. The minimum atomic E-state index is -3.18. The highest BCUT2D eigenvalue weighted by molar-refractivity contribution is 7.89. The van der Waals surface area contributed by atoms with E-state index in [9.17, 15) is 8.42 Å². The number of nitrogens with two attached hydrogens (primary N) is 1. The lowest BCUT2D eigenvalue weighted by Gasteiger charge is -2.29. The van der Waals surface area contributed by atoms with Crippen LogP contribution in [0.5, 0.6) is 0 Å². The lowest BCUT2D eigenvalue weighted by Crippen LogP contribution is -2.43. The molecule has 1 rings (SSSR count). The third-order valence-corrected chi connectivity index (χ3v) is 5.20. The molecule has 1 heterocycles. The summed E-state index contributed by atoms with van der Waals surface area (Å²) in [4.78, 5) is 0. The average molecular weight is 250 g/mol. The first-order chi connectivity index (χ1) is 7.62. The molecule has 1 saturated heterocycles. The first-order valence-electron chi connectivity index (χ1n) is 5.89. The molecule has 0 amide bonds. The maximum atomic E-state index is 12.3. The SMILES string of the molecule is CCCN(CCN)S(=O)(=O)C1CCOCC1. The van der Waals surface area contributed by atoms with Gasteiger partial charge in [-0.25, -0.2) is 12.7 Å². The van der Waals surface area contributed by atoms with Crippen molar-refractivity contribution >= 4 is 10.0 Å². The van der Waals surface area contributed by atoms with Crippen LogP contribution in [0, 0.1) is 0 Å². The van der Waals surface area contributed by atoms with Gasteiger partial charge in [0.25, 0.3) is 0 Å². The number of nitrogens with zero attached hydrogens (tertiary/aromatic N) is 1. The predicted octanol–water partition coefficient (Wildman–Crippen LogP) is 0.166. The van der Waals surface area contributed by atoms with Gasteiger partial charge in [-0.1, -0.05) is 6.92 Å². The van der Waals surface area contributed by atoms with Crippen molar-refractivity contribution in [3.63, 3.8) is 0 Å². The minimum Gasteiger partial charge on any atom is -0.381 e. The lowest BCUT2D eigenvalue weighted by molar-refractivity contribution is 0.0972. The Morgan fingerprint density at radius 3 is 2.44 bits per heavy atom. The molecule has 0 aromatic rings. The molecular formula is C10H22N2O3S. The second-order valence-electron chi connectivity index (χ2n) is 4.04. The van der Waals surface area contributed by atoms with E-state index in [4.69, 9.17) is 10.5 Å². The van der Waals surface area contributed by atoms with E-state index in [1.807, 2.05) is 6.92 Å². The van der Waals surface area contributed by atoms with Gasteiger partial charge in [0.2, 0.25) is 10.0 Å². The van der Waals surface area contributed by atoms with Crippen molar-refractivity contribution in [2.24, 2.45) is 5.73 Å². The molecule has 0 saturated carbocycles. The Morgan fingerprint density at radius 2 is 1.94 bits per heavy atom. The van der Waals surface area contributed by atoms with E-state index in [1.165, 1.54) is 4.31 Å². The van der Waals surface area contributed by atoms with Gasteiger partial charge in [0.05, 0.1) is 5.25 Å². The number of sulfonamides is 1. The summed E-state index contributed by atoms with van der Waals surface area (Å²) in [6.45, 7) is 4.44. The van der Waals surface area contributed by atoms with Gasteiger partial charge in [0.1, 0.15) is 0 Å². The van der Waals surface area contributed by atoms with Crippen LogP contribution in [0.3, 0.4) is 0 Å². The molecule has 0 unspecified atom stereocenters. The summed E-state index contributed by atoms with van der Waals surface area (Å²) in [5.41, 5.74) is 5.46. The summed E-state index contributed by atoms with van der Waals surface area (Å²) in [5.74, 6) is 0. The van der Waals surface area contributed by atoms with Crippen LogP contribution in [0.2, 0.25) is 0 Å². The smallest absolute Gasteiger partial charge is 0.217 e. The molecule has 1 aliphatic heterocycles. The van der Waals surface area contributed by atoms with Gasteiger partial charge in [0.15, 0.2) is 0 Å². The maximum absolute atomic E-state index is 12.3. The van der Waals surface area contributed by atoms with Gasteiger partial charge < -0.3 is 10.5 Å². The largest absolute Gasteiger partial charge is 0.381 e. The summed E-state index contributed by atoms with van der Waals surface area (Å²) in [6.07, 6.45) is 2.03. The van der Waals surface area contributed by atoms with Crippen LogP contribution >= 0.6 is 0 Å². The second kappa shape index (κ2) is 6.54. The van der Waals surface area contributed by atoms with Crippen molar-refractivity contribution in [2.75, 3.05) is 32.8 Å². The van der Waals surface area contributed by atoms with Gasteiger partial charge in [0, 0.05) is 32.8 Å². The van der Waals surface area contributed by atoms with E-state index < -0.39 is 10.0 Å². The van der Waals surface area contributed by atoms with Crippen LogP contribution in [0.15, 0.2) is 0 Å². The van der Waals surface area contributed by atoms with Gasteiger partial charge in [-0.05, 0) is 19.3 Å². The van der Waals surface area contributed by atoms with E-state index in [2.05, 4.69) is 0 Å². The first-order valence-corrected chi connectivity index (χ1v) is 7.40. The molecule has 0 radical (unpaired) electrons. The van der Waals surface area contributed by atoms with Crippen LogP contribution < -0.4 is 5.73 Å². The van der Waals surface area contributed by atoms with Crippen LogP contribution in [0.1, 0.15) is 26.2 Å². The topological polar surface area (TPSA) is 72.6 Å². The third kappa shape index (κ3) is 3.41. The number of hydrogen-bond acceptors (Lipinski definition) is 4. The molecule has 6 heteroatoms. The average Bonchev–Trinajstić information content (AvgIpc) is 2.30. The van der Waals surface area contributed by atoms with Crippen molar-refractivity contribution in [1.29, 1.82) is 0 Å².